The van der Waals surface area contributed by atoms with Crippen LogP contribution >= 0.6 is 0 Å². The topological polar surface area (TPSA) is 87.5 Å². The molecule has 0 spiro atoms. The van der Waals surface area contributed by atoms with Crippen molar-refractivity contribution in [3.8, 4) is 0 Å². The second-order valence-corrected chi connectivity index (χ2v) is 9.69. The summed E-state index contributed by atoms with van der Waals surface area (Å²) >= 11 is 0. The Bertz CT molecular complexity index is 1000. The molecule has 10 heteroatoms. The molecule has 7 nitrogen and oxygen atoms in total. The second-order valence-electron chi connectivity index (χ2n) is 9.69. The van der Waals surface area contributed by atoms with Crippen molar-refractivity contribution >= 4 is 11.9 Å². The fraction of sp³-hybridized carbons (Fsp3) is 0.577. The molecule has 1 atom stereocenters. The van der Waals surface area contributed by atoms with Crippen molar-refractivity contribution in [3.63, 3.8) is 0 Å². The van der Waals surface area contributed by atoms with E-state index in [0.29, 0.717) is 6.04 Å². The van der Waals surface area contributed by atoms with Gasteiger partial charge in [-0.25, -0.2) is 9.78 Å². The number of carbonyl (C=O) groups is 2. The predicted molar refractivity (Wildman–Crippen MR) is 129 cm³/mol. The molecule has 0 bridgehead atoms. The van der Waals surface area contributed by atoms with Crippen LogP contribution in [0, 0.1) is 0 Å². The third-order valence-corrected chi connectivity index (χ3v) is 6.65. The summed E-state index contributed by atoms with van der Waals surface area (Å²) in [6, 6.07) is 10.8. The van der Waals surface area contributed by atoms with Gasteiger partial charge in [0.1, 0.15) is 6.04 Å². The normalized spacial score (nSPS) is 19.1. The molecule has 1 amide bonds. The molecular weight excluding hydrogens is 473 g/mol. The summed E-state index contributed by atoms with van der Waals surface area (Å²) in [5, 5.41) is 10.5. The highest BCUT2D eigenvalue weighted by atomic mass is 19.4. The number of carboxylic acid groups (broad SMARTS) is 1. The number of amides is 1. The van der Waals surface area contributed by atoms with Crippen molar-refractivity contribution in [2.75, 3.05) is 6.54 Å². The molecule has 4 rings (SSSR count). The number of imidazole rings is 1. The molecule has 198 valence electrons. The number of carboxylic acids is 1. The number of fused-ring (bicyclic) bond motifs is 1. The number of nitrogens with one attached hydrogen (secondary N) is 1. The molecule has 2 heterocycles. The van der Waals surface area contributed by atoms with Crippen LogP contribution in [0.3, 0.4) is 0 Å². The van der Waals surface area contributed by atoms with E-state index < -0.39 is 12.1 Å². The number of hydrogen-bond acceptors (Lipinski definition) is 4. The first-order valence-corrected chi connectivity index (χ1v) is 12.5. The van der Waals surface area contributed by atoms with Crippen LogP contribution in [0.1, 0.15) is 81.4 Å². The molecule has 36 heavy (non-hydrogen) atoms. The number of alkyl halides is 3. The van der Waals surface area contributed by atoms with Crippen LogP contribution in [0.25, 0.3) is 0 Å². The molecule has 0 radical (unpaired) electrons. The molecule has 1 saturated carbocycles. The summed E-state index contributed by atoms with van der Waals surface area (Å²) in [5.74, 6) is -2.61. The van der Waals surface area contributed by atoms with E-state index in [1.54, 1.807) is 0 Å². The molecule has 1 aromatic heterocycles. The predicted octanol–water partition coefficient (Wildman–Crippen LogP) is 5.04. The minimum Gasteiger partial charge on any atom is -0.475 e. The van der Waals surface area contributed by atoms with E-state index in [0.717, 1.165) is 43.7 Å². The van der Waals surface area contributed by atoms with E-state index in [1.807, 2.05) is 12.4 Å². The number of rotatable bonds is 5. The fourth-order valence-electron chi connectivity index (χ4n) is 4.85. The van der Waals surface area contributed by atoms with Crippen molar-refractivity contribution in [2.24, 2.45) is 0 Å². The molecular formula is C26H35F3N4O3. The van der Waals surface area contributed by atoms with E-state index in [-0.39, 0.29) is 18.0 Å². The quantitative estimate of drug-likeness (QED) is 0.553. The Balaban J connectivity index is 0.000000454. The average molecular weight is 509 g/mol. The number of benzene rings is 1. The van der Waals surface area contributed by atoms with Gasteiger partial charge >= 0.3 is 12.1 Å². The Kier molecular flexibility index (Phi) is 9.53. The van der Waals surface area contributed by atoms with Gasteiger partial charge in [-0.15, -0.1) is 0 Å². The van der Waals surface area contributed by atoms with Gasteiger partial charge in [0.2, 0.25) is 5.91 Å². The van der Waals surface area contributed by atoms with E-state index in [2.05, 4.69) is 57.9 Å². The fourth-order valence-corrected chi connectivity index (χ4v) is 4.85. The number of nitrogens with zero attached hydrogens (tertiary/aromatic N) is 3. The van der Waals surface area contributed by atoms with Crippen LogP contribution in [-0.4, -0.2) is 50.2 Å². The highest BCUT2D eigenvalue weighted by Gasteiger charge is 2.39. The van der Waals surface area contributed by atoms with Gasteiger partial charge in [0.25, 0.3) is 0 Å². The molecule has 2 aliphatic rings. The molecule has 1 aromatic carbocycles. The maximum Gasteiger partial charge on any atom is 0.490 e. The lowest BCUT2D eigenvalue weighted by Gasteiger charge is -2.36. The first-order valence-electron chi connectivity index (χ1n) is 12.5. The largest absolute Gasteiger partial charge is 0.490 e. The standard InChI is InChI=1S/C24H34N4O.C2HF3O2/c1-18(2)28-17-25-21-14-15-27(16-19-10-6-5-7-11-19)23(22(21)28)24(29)26-20-12-8-3-4-9-13-20;3-2(4,5)1(6)7/h5-7,10-11,17-18,20,23H,3-4,8-9,12-16H2,1-2H3,(H,26,29);(H,6,7). The summed E-state index contributed by atoms with van der Waals surface area (Å²) in [6.07, 6.45) is 4.97. The SMILES string of the molecule is CC(C)n1cnc2c1C(C(=O)NC1CCCCCC1)N(Cc1ccccc1)CC2.O=C(O)C(F)(F)F. The zero-order valence-electron chi connectivity index (χ0n) is 20.8. The Morgan fingerprint density at radius 1 is 1.11 bits per heavy atom. The van der Waals surface area contributed by atoms with E-state index in [4.69, 9.17) is 9.90 Å². The van der Waals surface area contributed by atoms with Crippen molar-refractivity contribution in [2.45, 2.75) is 89.6 Å². The Labute approximate surface area is 209 Å². The number of aromatic nitrogens is 2. The summed E-state index contributed by atoms with van der Waals surface area (Å²) < 4.78 is 33.9. The number of halogens is 3. The first kappa shape index (κ1) is 27.7. The Hall–Kier alpha value is -2.88. The third kappa shape index (κ3) is 7.32. The molecule has 0 saturated heterocycles. The lowest BCUT2D eigenvalue weighted by atomic mass is 9.99. The van der Waals surface area contributed by atoms with Gasteiger partial charge in [0.05, 0.1) is 17.7 Å². The highest BCUT2D eigenvalue weighted by molar-refractivity contribution is 5.83. The summed E-state index contributed by atoms with van der Waals surface area (Å²) in [4.78, 5) is 29.5. The lowest BCUT2D eigenvalue weighted by Crippen LogP contribution is -2.47. The van der Waals surface area contributed by atoms with Crippen LogP contribution in [-0.2, 0) is 22.6 Å². The van der Waals surface area contributed by atoms with E-state index >= 15 is 0 Å². The van der Waals surface area contributed by atoms with Gasteiger partial charge in [-0.05, 0) is 32.3 Å². The molecule has 1 aliphatic carbocycles. The summed E-state index contributed by atoms with van der Waals surface area (Å²) in [5.41, 5.74) is 3.43. The zero-order chi connectivity index (χ0) is 26.3. The summed E-state index contributed by atoms with van der Waals surface area (Å²) in [7, 11) is 0. The van der Waals surface area contributed by atoms with Gasteiger partial charge in [-0.1, -0.05) is 56.0 Å². The van der Waals surface area contributed by atoms with Gasteiger partial charge < -0.3 is 15.0 Å². The van der Waals surface area contributed by atoms with Crippen molar-refractivity contribution in [1.29, 1.82) is 0 Å². The average Bonchev–Trinajstić information content (AvgIpc) is 3.09. The number of carbonyl (C=O) groups excluding carboxylic acids is 1. The Morgan fingerprint density at radius 3 is 2.28 bits per heavy atom. The van der Waals surface area contributed by atoms with Crippen molar-refractivity contribution < 1.29 is 27.9 Å². The van der Waals surface area contributed by atoms with Gasteiger partial charge in [0.15, 0.2) is 0 Å². The minimum atomic E-state index is -5.08. The van der Waals surface area contributed by atoms with Gasteiger partial charge in [-0.2, -0.15) is 13.2 Å². The van der Waals surface area contributed by atoms with Crippen LogP contribution in [0.15, 0.2) is 36.7 Å². The van der Waals surface area contributed by atoms with Crippen LogP contribution in [0.5, 0.6) is 0 Å². The zero-order valence-corrected chi connectivity index (χ0v) is 20.8. The Morgan fingerprint density at radius 2 is 1.72 bits per heavy atom. The van der Waals surface area contributed by atoms with Crippen LogP contribution in [0.4, 0.5) is 13.2 Å². The van der Waals surface area contributed by atoms with Crippen molar-refractivity contribution in [3.05, 3.63) is 53.6 Å². The highest BCUT2D eigenvalue weighted by Crippen LogP contribution is 2.33. The van der Waals surface area contributed by atoms with Gasteiger partial charge in [-0.3, -0.25) is 9.69 Å². The minimum absolute atomic E-state index is 0.149. The first-order chi connectivity index (χ1) is 17.1. The van der Waals surface area contributed by atoms with Crippen LogP contribution in [0.2, 0.25) is 0 Å². The van der Waals surface area contributed by atoms with E-state index in [1.165, 1.54) is 31.2 Å². The second kappa shape index (κ2) is 12.4. The monoisotopic (exact) mass is 508 g/mol. The maximum atomic E-state index is 13.6. The molecule has 1 fully saturated rings. The van der Waals surface area contributed by atoms with Crippen LogP contribution < -0.4 is 5.32 Å². The smallest absolute Gasteiger partial charge is 0.475 e. The lowest BCUT2D eigenvalue weighted by molar-refractivity contribution is -0.192. The molecule has 2 aromatic rings. The molecule has 1 unspecified atom stereocenters. The van der Waals surface area contributed by atoms with Gasteiger partial charge in [0, 0.05) is 31.6 Å². The maximum absolute atomic E-state index is 13.6. The third-order valence-electron chi connectivity index (χ3n) is 6.65. The number of aliphatic carboxylic acids is 1. The number of hydrogen-bond donors (Lipinski definition) is 2. The molecule has 1 aliphatic heterocycles. The van der Waals surface area contributed by atoms with Crippen molar-refractivity contribution in [1.82, 2.24) is 19.8 Å². The molecule has 2 N–H and O–H groups in total. The van der Waals surface area contributed by atoms with E-state index in [9.17, 15) is 18.0 Å². The summed E-state index contributed by atoms with van der Waals surface area (Å²) in [6.45, 7) is 5.97.